The highest BCUT2D eigenvalue weighted by molar-refractivity contribution is 6.12. The van der Waals surface area contributed by atoms with Crippen molar-refractivity contribution in [2.75, 3.05) is 0 Å². The number of rotatable bonds is 3. The Bertz CT molecular complexity index is 3470. The zero-order valence-electron chi connectivity index (χ0n) is 32.7. The summed E-state index contributed by atoms with van der Waals surface area (Å²) in [6.45, 7) is 2.28. The molecule has 5 heteroatoms. The van der Waals surface area contributed by atoms with Crippen molar-refractivity contribution < 1.29 is 4.74 Å². The van der Waals surface area contributed by atoms with Crippen molar-refractivity contribution in [1.82, 2.24) is 19.5 Å². The molecule has 3 atom stereocenters. The molecule has 0 bridgehead atoms. The number of fused-ring (bicyclic) bond motifs is 13. The molecular weight excluding hydrogens is 733 g/mol. The van der Waals surface area contributed by atoms with E-state index in [1.165, 1.54) is 49.4 Å². The molecule has 4 heterocycles. The molecule has 5 nitrogen and oxygen atoms in total. The molecule has 1 aliphatic carbocycles. The van der Waals surface area contributed by atoms with Gasteiger partial charge in [-0.1, -0.05) is 153 Å². The maximum absolute atomic E-state index is 6.88. The summed E-state index contributed by atoms with van der Waals surface area (Å²) in [5.74, 6) is 3.86. The van der Waals surface area contributed by atoms with Crippen molar-refractivity contribution in [3.63, 3.8) is 0 Å². The van der Waals surface area contributed by atoms with Gasteiger partial charge in [0.25, 0.3) is 0 Å². The van der Waals surface area contributed by atoms with Gasteiger partial charge < -0.3 is 9.30 Å². The van der Waals surface area contributed by atoms with Crippen LogP contribution < -0.4 is 4.74 Å². The van der Waals surface area contributed by atoms with Gasteiger partial charge in [-0.15, -0.1) is 0 Å². The van der Waals surface area contributed by atoms with Crippen LogP contribution in [0.4, 0.5) is 0 Å². The molecule has 60 heavy (non-hydrogen) atoms. The standard InChI is InChI=1S/C55H36N4O/c1-33-39-16-5-4-14-35(39)27-29-40(33)54-57-52(37-26-25-34-13-2-3-15-36(34)31-37)56-53(58-54)38-28-30-50-46(32-38)55(44-20-8-11-24-49(44)60-50)43-19-7-10-23-48(43)59-47-22-9-6-17-41(47)42-18-12-21-45(55)51(42)59/h2-33,40H,1H3. The van der Waals surface area contributed by atoms with Crippen LogP contribution in [0.25, 0.3) is 67.1 Å². The highest BCUT2D eigenvalue weighted by Gasteiger charge is 2.50. The first-order chi connectivity index (χ1) is 29.6. The van der Waals surface area contributed by atoms with Gasteiger partial charge in [0.05, 0.1) is 22.1 Å². The molecule has 3 unspecified atom stereocenters. The van der Waals surface area contributed by atoms with Gasteiger partial charge in [-0.3, -0.25) is 0 Å². The van der Waals surface area contributed by atoms with Crippen molar-refractivity contribution in [1.29, 1.82) is 0 Å². The predicted molar refractivity (Wildman–Crippen MR) is 241 cm³/mol. The highest BCUT2D eigenvalue weighted by Crippen LogP contribution is 2.60. The molecule has 0 amide bonds. The number of nitrogens with zero attached hydrogens (tertiary/aromatic N) is 4. The zero-order valence-corrected chi connectivity index (χ0v) is 32.7. The molecule has 0 saturated carbocycles. The molecule has 3 aliphatic rings. The Morgan fingerprint density at radius 1 is 0.533 bits per heavy atom. The Morgan fingerprint density at radius 3 is 2.13 bits per heavy atom. The van der Waals surface area contributed by atoms with E-state index in [1.54, 1.807) is 0 Å². The fourth-order valence-electron chi connectivity index (χ4n) is 10.5. The van der Waals surface area contributed by atoms with E-state index in [0.717, 1.165) is 50.7 Å². The number of benzene rings is 8. The summed E-state index contributed by atoms with van der Waals surface area (Å²) in [6, 6.07) is 63.1. The van der Waals surface area contributed by atoms with Crippen LogP contribution in [0.1, 0.15) is 58.0 Å². The molecule has 1 spiro atoms. The number of para-hydroxylation sites is 4. The molecule has 10 aromatic rings. The Labute approximate surface area is 346 Å². The summed E-state index contributed by atoms with van der Waals surface area (Å²) < 4.78 is 9.35. The Kier molecular flexibility index (Phi) is 6.91. The number of hydrogen-bond donors (Lipinski definition) is 0. The van der Waals surface area contributed by atoms with E-state index in [2.05, 4.69) is 200 Å². The third kappa shape index (κ3) is 4.54. The van der Waals surface area contributed by atoms with E-state index in [9.17, 15) is 0 Å². The van der Waals surface area contributed by atoms with Gasteiger partial charge in [-0.25, -0.2) is 15.0 Å². The fraction of sp³-hybridized carbons (Fsp3) is 0.0727. The van der Waals surface area contributed by atoms with Gasteiger partial charge in [0.15, 0.2) is 11.6 Å². The molecule has 2 aromatic heterocycles. The lowest BCUT2D eigenvalue weighted by Crippen LogP contribution is -2.37. The summed E-state index contributed by atoms with van der Waals surface area (Å²) in [4.78, 5) is 16.0. The maximum Gasteiger partial charge on any atom is 0.163 e. The molecule has 282 valence electrons. The predicted octanol–water partition coefficient (Wildman–Crippen LogP) is 13.2. The zero-order chi connectivity index (χ0) is 39.5. The second kappa shape index (κ2) is 12.4. The topological polar surface area (TPSA) is 52.8 Å². The lowest BCUT2D eigenvalue weighted by Gasteiger charge is -2.45. The molecule has 13 rings (SSSR count). The third-order valence-electron chi connectivity index (χ3n) is 13.3. The lowest BCUT2D eigenvalue weighted by atomic mass is 9.61. The average molecular weight is 769 g/mol. The van der Waals surface area contributed by atoms with Crippen molar-refractivity contribution in [2.24, 2.45) is 0 Å². The van der Waals surface area contributed by atoms with Crippen molar-refractivity contribution in [2.45, 2.75) is 24.2 Å². The normalized spacial score (nSPS) is 18.2. The van der Waals surface area contributed by atoms with Crippen LogP contribution in [-0.4, -0.2) is 19.5 Å². The van der Waals surface area contributed by atoms with Crippen LogP contribution in [0.2, 0.25) is 0 Å². The summed E-state index contributed by atoms with van der Waals surface area (Å²) in [6.07, 6.45) is 4.48. The molecule has 0 N–H and O–H groups in total. The average Bonchev–Trinajstić information content (AvgIpc) is 3.65. The van der Waals surface area contributed by atoms with E-state index in [0.29, 0.717) is 11.6 Å². The fourth-order valence-corrected chi connectivity index (χ4v) is 10.5. The quantitative estimate of drug-likeness (QED) is 0.180. The molecule has 0 saturated heterocycles. The van der Waals surface area contributed by atoms with E-state index < -0.39 is 5.41 Å². The van der Waals surface area contributed by atoms with E-state index >= 15 is 0 Å². The molecule has 2 aliphatic heterocycles. The minimum absolute atomic E-state index is 0.0372. The Morgan fingerprint density at radius 2 is 1.22 bits per heavy atom. The second-order valence-corrected chi connectivity index (χ2v) is 16.3. The Balaban J connectivity index is 1.08. The van der Waals surface area contributed by atoms with E-state index in [1.807, 2.05) is 0 Å². The third-order valence-corrected chi connectivity index (χ3v) is 13.3. The first kappa shape index (κ1) is 33.4. The highest BCUT2D eigenvalue weighted by atomic mass is 16.5. The largest absolute Gasteiger partial charge is 0.457 e. The minimum atomic E-state index is -0.706. The van der Waals surface area contributed by atoms with Gasteiger partial charge in [0.1, 0.15) is 17.3 Å². The molecule has 0 radical (unpaired) electrons. The van der Waals surface area contributed by atoms with Crippen LogP contribution in [0.5, 0.6) is 11.5 Å². The summed E-state index contributed by atoms with van der Waals surface area (Å²) >= 11 is 0. The van der Waals surface area contributed by atoms with Gasteiger partial charge in [-0.05, 0) is 81.4 Å². The molecule has 0 fully saturated rings. The second-order valence-electron chi connectivity index (χ2n) is 16.3. The minimum Gasteiger partial charge on any atom is -0.457 e. The van der Waals surface area contributed by atoms with Crippen LogP contribution in [0, 0.1) is 0 Å². The number of aromatic nitrogens is 4. The van der Waals surface area contributed by atoms with Crippen molar-refractivity contribution in [3.05, 3.63) is 221 Å². The van der Waals surface area contributed by atoms with Crippen LogP contribution in [0.3, 0.4) is 0 Å². The van der Waals surface area contributed by atoms with Crippen molar-refractivity contribution in [3.8, 4) is 40.0 Å². The van der Waals surface area contributed by atoms with E-state index in [-0.39, 0.29) is 11.8 Å². The number of hydrogen-bond acceptors (Lipinski definition) is 4. The van der Waals surface area contributed by atoms with E-state index in [4.69, 9.17) is 19.7 Å². The molecular formula is C55H36N4O. The van der Waals surface area contributed by atoms with Crippen LogP contribution in [-0.2, 0) is 5.41 Å². The van der Waals surface area contributed by atoms with Gasteiger partial charge in [0.2, 0.25) is 0 Å². The number of ether oxygens (including phenoxy) is 1. The first-order valence-electron chi connectivity index (χ1n) is 20.7. The van der Waals surface area contributed by atoms with Gasteiger partial charge in [-0.2, -0.15) is 0 Å². The van der Waals surface area contributed by atoms with Crippen LogP contribution >= 0.6 is 0 Å². The Hall–Kier alpha value is -7.63. The summed E-state index contributed by atoms with van der Waals surface area (Å²) in [5.41, 5.74) is 11.9. The summed E-state index contributed by atoms with van der Waals surface area (Å²) in [7, 11) is 0. The SMILES string of the molecule is CC1c2ccccc2C=CC1c1nc(-c2ccc3c(c2)C2(c4ccccc4O3)c3ccccc3-n3c4ccccc4c4cccc2c43)nc(-c2ccc3ccccc3c2)n1. The summed E-state index contributed by atoms with van der Waals surface area (Å²) in [5, 5.41) is 4.80. The smallest absolute Gasteiger partial charge is 0.163 e. The van der Waals surface area contributed by atoms with Crippen molar-refractivity contribution >= 4 is 38.7 Å². The van der Waals surface area contributed by atoms with Gasteiger partial charge >= 0.3 is 0 Å². The maximum atomic E-state index is 6.88. The van der Waals surface area contributed by atoms with Gasteiger partial charge in [0, 0.05) is 38.9 Å². The number of allylic oxidation sites excluding steroid dienone is 1. The monoisotopic (exact) mass is 768 g/mol. The first-order valence-corrected chi connectivity index (χ1v) is 20.7. The molecule has 8 aromatic carbocycles. The lowest BCUT2D eigenvalue weighted by molar-refractivity contribution is 0.434. The van der Waals surface area contributed by atoms with Crippen LogP contribution in [0.15, 0.2) is 182 Å².